The van der Waals surface area contributed by atoms with Crippen LogP contribution >= 0.6 is 0 Å². The summed E-state index contributed by atoms with van der Waals surface area (Å²) in [5, 5.41) is 2.74. The number of pyridine rings is 1. The largest absolute Gasteiger partial charge is 0.497 e. The summed E-state index contributed by atoms with van der Waals surface area (Å²) in [7, 11) is 1.59. The fraction of sp³-hybridized carbons (Fsp3) is 0.533. The highest BCUT2D eigenvalue weighted by atomic mass is 16.5. The Hall–Kier alpha value is -2.11. The van der Waals surface area contributed by atoms with Crippen LogP contribution in [0, 0.1) is 12.8 Å². The third-order valence-electron chi connectivity index (χ3n) is 3.46. The van der Waals surface area contributed by atoms with E-state index in [0.717, 1.165) is 11.4 Å². The highest BCUT2D eigenvalue weighted by Crippen LogP contribution is 2.17. The van der Waals surface area contributed by atoms with E-state index >= 15 is 0 Å². The van der Waals surface area contributed by atoms with Gasteiger partial charge in [-0.3, -0.25) is 14.6 Å². The van der Waals surface area contributed by atoms with Crippen LogP contribution in [0.1, 0.15) is 25.2 Å². The molecule has 0 saturated carbocycles. The topological polar surface area (TPSA) is 71.5 Å². The SMILES string of the molecule is COc1cc(C)nc(CN2CC(=O)NC(C(C)C)C2=O)c1. The van der Waals surface area contributed by atoms with Crippen molar-refractivity contribution in [1.29, 1.82) is 0 Å². The van der Waals surface area contributed by atoms with Crippen LogP contribution in [-0.2, 0) is 16.1 Å². The maximum atomic E-state index is 12.4. The Morgan fingerprint density at radius 1 is 1.43 bits per heavy atom. The highest BCUT2D eigenvalue weighted by molar-refractivity contribution is 5.94. The minimum Gasteiger partial charge on any atom is -0.497 e. The van der Waals surface area contributed by atoms with Crippen LogP contribution in [0.3, 0.4) is 0 Å². The molecule has 2 amide bonds. The molecule has 1 aliphatic heterocycles. The molecular weight excluding hydrogens is 270 g/mol. The van der Waals surface area contributed by atoms with Crippen molar-refractivity contribution in [2.75, 3.05) is 13.7 Å². The van der Waals surface area contributed by atoms with Gasteiger partial charge in [0.1, 0.15) is 18.3 Å². The summed E-state index contributed by atoms with van der Waals surface area (Å²) in [6.45, 7) is 6.09. The molecular formula is C15H21N3O3. The minimum absolute atomic E-state index is 0.0595. The van der Waals surface area contributed by atoms with Crippen LogP contribution in [0.5, 0.6) is 5.75 Å². The van der Waals surface area contributed by atoms with Crippen molar-refractivity contribution in [1.82, 2.24) is 15.2 Å². The molecule has 0 bridgehead atoms. The maximum absolute atomic E-state index is 12.4. The average Bonchev–Trinajstić information content (AvgIpc) is 2.41. The number of aromatic nitrogens is 1. The van der Waals surface area contributed by atoms with E-state index in [1.807, 2.05) is 26.8 Å². The maximum Gasteiger partial charge on any atom is 0.246 e. The van der Waals surface area contributed by atoms with Crippen LogP contribution in [0.15, 0.2) is 12.1 Å². The second kappa shape index (κ2) is 6.11. The quantitative estimate of drug-likeness (QED) is 0.894. The summed E-state index contributed by atoms with van der Waals surface area (Å²) in [4.78, 5) is 30.1. The molecule has 2 heterocycles. The molecule has 1 N–H and O–H groups in total. The van der Waals surface area contributed by atoms with E-state index < -0.39 is 6.04 Å². The van der Waals surface area contributed by atoms with Crippen LogP contribution in [0.4, 0.5) is 0 Å². The molecule has 1 fully saturated rings. The van der Waals surface area contributed by atoms with Gasteiger partial charge in [0.2, 0.25) is 11.8 Å². The average molecular weight is 291 g/mol. The van der Waals surface area contributed by atoms with E-state index in [4.69, 9.17) is 4.74 Å². The molecule has 1 atom stereocenters. The monoisotopic (exact) mass is 291 g/mol. The summed E-state index contributed by atoms with van der Waals surface area (Å²) >= 11 is 0. The van der Waals surface area contributed by atoms with Gasteiger partial charge in [0, 0.05) is 17.8 Å². The number of hydrogen-bond acceptors (Lipinski definition) is 4. The summed E-state index contributed by atoms with van der Waals surface area (Å²) in [5.41, 5.74) is 1.54. The molecule has 0 aliphatic carbocycles. The van der Waals surface area contributed by atoms with Gasteiger partial charge >= 0.3 is 0 Å². The number of methoxy groups -OCH3 is 1. The standard InChI is InChI=1S/C15H21N3O3/c1-9(2)14-15(20)18(8-13(19)17-14)7-11-6-12(21-4)5-10(3)16-11/h5-6,9,14H,7-8H2,1-4H3,(H,17,19). The van der Waals surface area contributed by atoms with Crippen LogP contribution < -0.4 is 10.1 Å². The fourth-order valence-electron chi connectivity index (χ4n) is 2.41. The lowest BCUT2D eigenvalue weighted by Gasteiger charge is -2.34. The highest BCUT2D eigenvalue weighted by Gasteiger charge is 2.34. The van der Waals surface area contributed by atoms with Gasteiger partial charge in [0.15, 0.2) is 0 Å². The summed E-state index contributed by atoms with van der Waals surface area (Å²) < 4.78 is 5.21. The molecule has 6 heteroatoms. The predicted octanol–water partition coefficient (Wildman–Crippen LogP) is 0.882. The summed E-state index contributed by atoms with van der Waals surface area (Å²) in [6, 6.07) is 3.15. The lowest BCUT2D eigenvalue weighted by atomic mass is 10.0. The first-order chi connectivity index (χ1) is 9.90. The number of carbonyl (C=O) groups excluding carboxylic acids is 2. The minimum atomic E-state index is -0.460. The molecule has 6 nitrogen and oxygen atoms in total. The first-order valence-electron chi connectivity index (χ1n) is 7.00. The van der Waals surface area contributed by atoms with E-state index in [1.165, 1.54) is 0 Å². The molecule has 1 saturated heterocycles. The van der Waals surface area contributed by atoms with Crippen LogP contribution in [0.2, 0.25) is 0 Å². The molecule has 0 spiro atoms. The number of piperazine rings is 1. The number of aryl methyl sites for hydroxylation is 1. The van der Waals surface area contributed by atoms with Gasteiger partial charge in [0.05, 0.1) is 19.3 Å². The molecule has 1 aromatic rings. The molecule has 114 valence electrons. The Morgan fingerprint density at radius 2 is 2.14 bits per heavy atom. The van der Waals surface area contributed by atoms with E-state index in [0.29, 0.717) is 12.3 Å². The Kier molecular flexibility index (Phi) is 4.45. The number of ether oxygens (including phenoxy) is 1. The third-order valence-corrected chi connectivity index (χ3v) is 3.46. The van der Waals surface area contributed by atoms with Crippen LogP contribution in [0.25, 0.3) is 0 Å². The summed E-state index contributed by atoms with van der Waals surface area (Å²) in [6.07, 6.45) is 0. The van der Waals surface area contributed by atoms with Crippen molar-refractivity contribution in [2.24, 2.45) is 5.92 Å². The fourth-order valence-corrected chi connectivity index (χ4v) is 2.41. The smallest absolute Gasteiger partial charge is 0.246 e. The Bertz CT molecular complexity index is 557. The second-order valence-electron chi connectivity index (χ2n) is 5.62. The van der Waals surface area contributed by atoms with Crippen molar-refractivity contribution in [3.8, 4) is 5.75 Å². The van der Waals surface area contributed by atoms with E-state index in [9.17, 15) is 9.59 Å². The van der Waals surface area contributed by atoms with E-state index in [2.05, 4.69) is 10.3 Å². The van der Waals surface area contributed by atoms with Crippen molar-refractivity contribution < 1.29 is 14.3 Å². The molecule has 1 aliphatic rings. The van der Waals surface area contributed by atoms with E-state index in [1.54, 1.807) is 18.1 Å². The van der Waals surface area contributed by atoms with Gasteiger partial charge in [0.25, 0.3) is 0 Å². The number of amides is 2. The Labute approximate surface area is 124 Å². The van der Waals surface area contributed by atoms with Gasteiger partial charge in [-0.1, -0.05) is 13.8 Å². The zero-order chi connectivity index (χ0) is 15.6. The molecule has 1 unspecified atom stereocenters. The molecule has 0 radical (unpaired) electrons. The van der Waals surface area contributed by atoms with Crippen molar-refractivity contribution in [3.63, 3.8) is 0 Å². The first-order valence-corrected chi connectivity index (χ1v) is 7.00. The van der Waals surface area contributed by atoms with Crippen LogP contribution in [-0.4, -0.2) is 41.4 Å². The lowest BCUT2D eigenvalue weighted by Crippen LogP contribution is -2.59. The number of hydrogen-bond donors (Lipinski definition) is 1. The predicted molar refractivity (Wildman–Crippen MR) is 77.7 cm³/mol. The van der Waals surface area contributed by atoms with Crippen molar-refractivity contribution >= 4 is 11.8 Å². The van der Waals surface area contributed by atoms with Gasteiger partial charge < -0.3 is 15.0 Å². The van der Waals surface area contributed by atoms with E-state index in [-0.39, 0.29) is 24.3 Å². The number of nitrogens with zero attached hydrogens (tertiary/aromatic N) is 2. The summed E-state index contributed by atoms with van der Waals surface area (Å²) in [5.74, 6) is 0.566. The molecule has 2 rings (SSSR count). The Balaban J connectivity index is 2.19. The Morgan fingerprint density at radius 3 is 2.76 bits per heavy atom. The number of carbonyl (C=O) groups is 2. The number of rotatable bonds is 4. The van der Waals surface area contributed by atoms with Crippen molar-refractivity contribution in [2.45, 2.75) is 33.4 Å². The number of nitrogens with one attached hydrogen (secondary N) is 1. The van der Waals surface area contributed by atoms with Gasteiger partial charge in [-0.25, -0.2) is 0 Å². The van der Waals surface area contributed by atoms with Gasteiger partial charge in [-0.15, -0.1) is 0 Å². The third kappa shape index (κ3) is 3.51. The molecule has 1 aromatic heterocycles. The normalized spacial score (nSPS) is 18.9. The molecule has 0 aromatic carbocycles. The van der Waals surface area contributed by atoms with Gasteiger partial charge in [-0.05, 0) is 12.8 Å². The zero-order valence-corrected chi connectivity index (χ0v) is 12.8. The second-order valence-corrected chi connectivity index (χ2v) is 5.62. The molecule has 21 heavy (non-hydrogen) atoms. The zero-order valence-electron chi connectivity index (χ0n) is 12.8. The van der Waals surface area contributed by atoms with Gasteiger partial charge in [-0.2, -0.15) is 0 Å². The lowest BCUT2D eigenvalue weighted by molar-refractivity contribution is -0.146. The van der Waals surface area contributed by atoms with Crippen molar-refractivity contribution in [3.05, 3.63) is 23.5 Å². The first kappa shape index (κ1) is 15.3.